The lowest BCUT2D eigenvalue weighted by Gasteiger charge is -2.23. The Kier molecular flexibility index (Phi) is 3.38. The normalized spacial score (nSPS) is 17.0. The van der Waals surface area contributed by atoms with Crippen LogP contribution in [0.5, 0.6) is 0 Å². The van der Waals surface area contributed by atoms with Crippen LogP contribution < -0.4 is 4.83 Å². The van der Waals surface area contributed by atoms with Crippen molar-refractivity contribution in [2.75, 3.05) is 0 Å². The van der Waals surface area contributed by atoms with E-state index in [1.54, 1.807) is 12.1 Å². The number of thiol groups is 1. The summed E-state index contributed by atoms with van der Waals surface area (Å²) in [6.45, 7) is 1.93. The minimum atomic E-state index is -3.28. The highest BCUT2D eigenvalue weighted by atomic mass is 32.3. The van der Waals surface area contributed by atoms with Crippen LogP contribution >= 0.6 is 0 Å². The van der Waals surface area contributed by atoms with E-state index >= 15 is 0 Å². The van der Waals surface area contributed by atoms with Crippen LogP contribution in [0, 0.1) is 17.0 Å². The highest BCUT2D eigenvalue weighted by Crippen LogP contribution is 2.25. The van der Waals surface area contributed by atoms with E-state index in [0.29, 0.717) is 10.5 Å². The Morgan fingerprint density at radius 1 is 1.14 bits per heavy atom. The van der Waals surface area contributed by atoms with Crippen LogP contribution in [0.4, 0.5) is 5.69 Å². The molecule has 0 radical (unpaired) electrons. The number of nitro groups is 1. The zero-order valence-electron chi connectivity index (χ0n) is 11.6. The first kappa shape index (κ1) is 14.2. The van der Waals surface area contributed by atoms with Crippen LogP contribution in [0.25, 0.3) is 0 Å². The highest BCUT2D eigenvalue weighted by molar-refractivity contribution is 7.97. The molecule has 114 valence electrons. The van der Waals surface area contributed by atoms with Crippen LogP contribution in [-0.4, -0.2) is 15.0 Å². The molecule has 0 unspecified atom stereocenters. The Labute approximate surface area is 127 Å². The molecule has 2 aromatic carbocycles. The van der Waals surface area contributed by atoms with Gasteiger partial charge in [0.25, 0.3) is 11.6 Å². The number of rotatable bonds is 3. The van der Waals surface area contributed by atoms with Crippen molar-refractivity contribution in [2.24, 2.45) is 5.10 Å². The van der Waals surface area contributed by atoms with Crippen molar-refractivity contribution < 1.29 is 13.3 Å². The topological polar surface area (TPSA) is 93.8 Å². The molecule has 1 heterocycles. The molecule has 8 heteroatoms. The number of benzene rings is 2. The van der Waals surface area contributed by atoms with Gasteiger partial charge < -0.3 is 4.18 Å². The number of nitro benzene ring substituents is 1. The van der Waals surface area contributed by atoms with E-state index in [1.165, 1.54) is 24.3 Å². The van der Waals surface area contributed by atoms with Crippen molar-refractivity contribution in [2.45, 2.75) is 11.8 Å². The SMILES string of the molecule is Cc1ccc([SH]2(=O)NN=C(c3ccc([N+](=O)[O-])cc3)O2)cc1. The van der Waals surface area contributed by atoms with Crippen LogP contribution in [-0.2, 0) is 14.6 Å². The van der Waals surface area contributed by atoms with Crippen LogP contribution in [0.3, 0.4) is 0 Å². The maximum absolute atomic E-state index is 12.7. The van der Waals surface area contributed by atoms with Crippen molar-refractivity contribution in [1.29, 1.82) is 0 Å². The van der Waals surface area contributed by atoms with Gasteiger partial charge in [-0.05, 0) is 31.2 Å². The van der Waals surface area contributed by atoms with Gasteiger partial charge in [-0.15, -0.1) is 5.10 Å². The minimum Gasteiger partial charge on any atom is -0.354 e. The molecule has 0 amide bonds. The quantitative estimate of drug-likeness (QED) is 0.514. The van der Waals surface area contributed by atoms with Crippen molar-refractivity contribution in [1.82, 2.24) is 4.83 Å². The van der Waals surface area contributed by atoms with Gasteiger partial charge in [-0.2, -0.15) is 9.04 Å². The second kappa shape index (κ2) is 5.23. The standard InChI is InChI=1S/C14H13N3O4S/c1-10-2-8-13(9-3-10)22(20)16-15-14(21-22)11-4-6-12(7-5-11)17(18)19/h2-9,22H,1H3,(H,16,20). The Morgan fingerprint density at radius 2 is 1.77 bits per heavy atom. The molecule has 1 N–H and O–H groups in total. The number of nitrogens with zero attached hydrogens (tertiary/aromatic N) is 2. The van der Waals surface area contributed by atoms with Gasteiger partial charge in [-0.3, -0.25) is 10.1 Å². The summed E-state index contributed by atoms with van der Waals surface area (Å²) in [5.74, 6) is 0.152. The molecule has 2 aromatic rings. The zero-order valence-corrected chi connectivity index (χ0v) is 12.5. The zero-order chi connectivity index (χ0) is 15.7. The van der Waals surface area contributed by atoms with E-state index < -0.39 is 15.3 Å². The predicted molar refractivity (Wildman–Crippen MR) is 82.8 cm³/mol. The minimum absolute atomic E-state index is 0.0305. The van der Waals surface area contributed by atoms with E-state index in [9.17, 15) is 14.3 Å². The third-order valence-electron chi connectivity index (χ3n) is 3.20. The molecule has 0 atom stereocenters. The van der Waals surface area contributed by atoms with Gasteiger partial charge in [0, 0.05) is 17.7 Å². The largest absolute Gasteiger partial charge is 0.354 e. The fourth-order valence-electron chi connectivity index (χ4n) is 1.97. The fourth-order valence-corrected chi connectivity index (χ4v) is 3.38. The Morgan fingerprint density at radius 3 is 2.36 bits per heavy atom. The van der Waals surface area contributed by atoms with E-state index in [2.05, 4.69) is 9.93 Å². The van der Waals surface area contributed by atoms with Crippen molar-refractivity contribution >= 4 is 22.0 Å². The lowest BCUT2D eigenvalue weighted by Crippen LogP contribution is -2.24. The molecule has 7 nitrogen and oxygen atoms in total. The van der Waals surface area contributed by atoms with E-state index in [0.717, 1.165) is 5.56 Å². The Balaban J connectivity index is 1.83. The number of non-ortho nitro benzene ring substituents is 1. The summed E-state index contributed by atoms with van der Waals surface area (Å²) in [4.78, 5) is 13.2. The summed E-state index contributed by atoms with van der Waals surface area (Å²) >= 11 is 0. The monoisotopic (exact) mass is 319 g/mol. The van der Waals surface area contributed by atoms with Gasteiger partial charge in [0.15, 0.2) is 0 Å². The number of nitrogens with one attached hydrogen (secondary N) is 1. The first-order chi connectivity index (χ1) is 10.5. The van der Waals surface area contributed by atoms with Gasteiger partial charge in [-0.25, -0.2) is 0 Å². The van der Waals surface area contributed by atoms with Crippen molar-refractivity contribution in [3.8, 4) is 0 Å². The number of hydrogen-bond acceptors (Lipinski definition) is 5. The molecule has 0 spiro atoms. The number of aryl methyl sites for hydroxylation is 1. The van der Waals surface area contributed by atoms with Crippen LogP contribution in [0.15, 0.2) is 58.5 Å². The molecular weight excluding hydrogens is 306 g/mol. The lowest BCUT2D eigenvalue weighted by atomic mass is 10.2. The Hall–Kier alpha value is -2.74. The summed E-state index contributed by atoms with van der Waals surface area (Å²) in [5.41, 5.74) is 1.53. The van der Waals surface area contributed by atoms with Crippen molar-refractivity contribution in [3.63, 3.8) is 0 Å². The molecule has 0 bridgehead atoms. The molecule has 0 saturated carbocycles. The average molecular weight is 319 g/mol. The maximum atomic E-state index is 12.7. The molecule has 22 heavy (non-hydrogen) atoms. The lowest BCUT2D eigenvalue weighted by molar-refractivity contribution is -0.384. The molecule has 1 aliphatic rings. The average Bonchev–Trinajstić information content (AvgIpc) is 2.91. The molecule has 3 rings (SSSR count). The predicted octanol–water partition coefficient (Wildman–Crippen LogP) is 2.09. The second-order valence-corrected chi connectivity index (χ2v) is 6.80. The summed E-state index contributed by atoms with van der Waals surface area (Å²) in [7, 11) is -3.28. The third-order valence-corrected chi connectivity index (χ3v) is 4.97. The van der Waals surface area contributed by atoms with Gasteiger partial charge in [0.05, 0.1) is 9.82 Å². The third kappa shape index (κ3) is 2.56. The van der Waals surface area contributed by atoms with Gasteiger partial charge >= 0.3 is 0 Å². The number of hydrogen-bond donors (Lipinski definition) is 2. The van der Waals surface area contributed by atoms with Crippen molar-refractivity contribution in [3.05, 3.63) is 69.8 Å². The first-order valence-corrected chi connectivity index (χ1v) is 8.07. The van der Waals surface area contributed by atoms with Crippen LogP contribution in [0.2, 0.25) is 0 Å². The van der Waals surface area contributed by atoms with Crippen LogP contribution in [0.1, 0.15) is 11.1 Å². The summed E-state index contributed by atoms with van der Waals surface area (Å²) in [6, 6.07) is 12.8. The fraction of sp³-hybridized carbons (Fsp3) is 0.0714. The van der Waals surface area contributed by atoms with Gasteiger partial charge in [0.2, 0.25) is 0 Å². The van der Waals surface area contributed by atoms with E-state index in [4.69, 9.17) is 4.18 Å². The second-order valence-electron chi connectivity index (χ2n) is 4.80. The van der Waals surface area contributed by atoms with E-state index in [-0.39, 0.29) is 11.6 Å². The molecule has 0 aromatic heterocycles. The molecule has 0 aliphatic carbocycles. The van der Waals surface area contributed by atoms with Gasteiger partial charge in [-0.1, -0.05) is 28.1 Å². The highest BCUT2D eigenvalue weighted by Gasteiger charge is 2.24. The Bertz CT molecular complexity index is 800. The smallest absolute Gasteiger partial charge is 0.269 e. The molecule has 0 saturated heterocycles. The molecular formula is C14H13N3O4S. The summed E-state index contributed by atoms with van der Waals surface area (Å²) in [5, 5.41) is 14.6. The summed E-state index contributed by atoms with van der Waals surface area (Å²) < 4.78 is 18.2. The molecule has 1 aliphatic heterocycles. The maximum Gasteiger partial charge on any atom is 0.269 e. The van der Waals surface area contributed by atoms with E-state index in [1.807, 2.05) is 19.1 Å². The first-order valence-electron chi connectivity index (χ1n) is 6.45. The summed E-state index contributed by atoms with van der Waals surface area (Å²) in [6.07, 6.45) is 0. The number of hydrazone groups is 1. The van der Waals surface area contributed by atoms with Gasteiger partial charge in [0.1, 0.15) is 0 Å². The molecule has 0 fully saturated rings.